The third-order valence-corrected chi connectivity index (χ3v) is 3.37. The molecule has 6 heteroatoms. The van der Waals surface area contributed by atoms with Gasteiger partial charge in [-0.3, -0.25) is 4.79 Å². The van der Waals surface area contributed by atoms with Gasteiger partial charge in [0.2, 0.25) is 5.95 Å². The van der Waals surface area contributed by atoms with E-state index in [2.05, 4.69) is 20.6 Å². The molecule has 6 nitrogen and oxygen atoms in total. The van der Waals surface area contributed by atoms with Crippen molar-refractivity contribution in [2.75, 3.05) is 19.0 Å². The average molecular weight is 328 g/mol. The highest BCUT2D eigenvalue weighted by Crippen LogP contribution is 2.13. The van der Waals surface area contributed by atoms with Crippen molar-refractivity contribution in [3.8, 4) is 5.75 Å². The van der Waals surface area contributed by atoms with Crippen LogP contribution >= 0.6 is 0 Å². The van der Waals surface area contributed by atoms with Gasteiger partial charge in [0.1, 0.15) is 11.4 Å². The fourth-order valence-corrected chi connectivity index (χ4v) is 2.08. The molecule has 24 heavy (non-hydrogen) atoms. The Hall–Kier alpha value is -2.63. The third-order valence-electron chi connectivity index (χ3n) is 3.37. The zero-order valence-electron chi connectivity index (χ0n) is 14.6. The molecule has 0 aliphatic heterocycles. The normalized spacial score (nSPS) is 10.5. The molecule has 0 bridgehead atoms. The highest BCUT2D eigenvalue weighted by Gasteiger charge is 2.10. The van der Waals surface area contributed by atoms with Crippen molar-refractivity contribution in [3.05, 3.63) is 47.3 Å². The summed E-state index contributed by atoms with van der Waals surface area (Å²) >= 11 is 0. The van der Waals surface area contributed by atoms with Gasteiger partial charge in [-0.25, -0.2) is 9.97 Å². The Kier molecular flexibility index (Phi) is 6.12. The van der Waals surface area contributed by atoms with E-state index in [1.165, 1.54) is 0 Å². The van der Waals surface area contributed by atoms with Crippen LogP contribution in [0.3, 0.4) is 0 Å². The molecule has 0 radical (unpaired) electrons. The smallest absolute Gasteiger partial charge is 0.270 e. The molecular formula is C18H24N4O2. The van der Waals surface area contributed by atoms with Gasteiger partial charge in [0.05, 0.1) is 7.11 Å². The molecule has 0 aliphatic carbocycles. The van der Waals surface area contributed by atoms with E-state index in [4.69, 9.17) is 4.74 Å². The number of hydrogen-bond donors (Lipinski definition) is 2. The first-order valence-electron chi connectivity index (χ1n) is 7.98. The van der Waals surface area contributed by atoms with Gasteiger partial charge in [0.25, 0.3) is 5.91 Å². The quantitative estimate of drug-likeness (QED) is 0.817. The van der Waals surface area contributed by atoms with E-state index in [-0.39, 0.29) is 5.91 Å². The Morgan fingerprint density at radius 3 is 2.54 bits per heavy atom. The number of methoxy groups -OCH3 is 1. The second kappa shape index (κ2) is 8.29. The minimum atomic E-state index is -0.179. The van der Waals surface area contributed by atoms with Crippen molar-refractivity contribution in [2.24, 2.45) is 5.92 Å². The fourth-order valence-electron chi connectivity index (χ4n) is 2.08. The van der Waals surface area contributed by atoms with Crippen molar-refractivity contribution in [2.45, 2.75) is 27.3 Å². The monoisotopic (exact) mass is 328 g/mol. The molecule has 2 rings (SSSR count). The SMILES string of the molecule is COc1ccc(CNc2nc(C)cc(C(=O)NCC(C)C)n2)cc1. The molecule has 0 saturated heterocycles. The first kappa shape index (κ1) is 17.7. The summed E-state index contributed by atoms with van der Waals surface area (Å²) in [6.45, 7) is 7.14. The first-order chi connectivity index (χ1) is 11.5. The van der Waals surface area contributed by atoms with Crippen LogP contribution in [0.4, 0.5) is 5.95 Å². The van der Waals surface area contributed by atoms with Crippen molar-refractivity contribution in [1.29, 1.82) is 0 Å². The predicted molar refractivity (Wildman–Crippen MR) is 94.3 cm³/mol. The van der Waals surface area contributed by atoms with E-state index in [9.17, 15) is 4.79 Å². The van der Waals surface area contributed by atoms with Gasteiger partial charge in [0, 0.05) is 18.8 Å². The highest BCUT2D eigenvalue weighted by molar-refractivity contribution is 5.92. The minimum Gasteiger partial charge on any atom is -0.497 e. The lowest BCUT2D eigenvalue weighted by Gasteiger charge is -2.10. The second-order valence-electron chi connectivity index (χ2n) is 6.02. The second-order valence-corrected chi connectivity index (χ2v) is 6.02. The molecule has 1 aromatic carbocycles. The van der Waals surface area contributed by atoms with Crippen molar-refractivity contribution in [1.82, 2.24) is 15.3 Å². The number of benzene rings is 1. The maximum atomic E-state index is 12.2. The largest absolute Gasteiger partial charge is 0.497 e. The van der Waals surface area contributed by atoms with Crippen LogP contribution in [0.2, 0.25) is 0 Å². The Morgan fingerprint density at radius 2 is 1.92 bits per heavy atom. The van der Waals surface area contributed by atoms with E-state index in [0.29, 0.717) is 30.6 Å². The van der Waals surface area contributed by atoms with Crippen molar-refractivity contribution < 1.29 is 9.53 Å². The van der Waals surface area contributed by atoms with E-state index >= 15 is 0 Å². The summed E-state index contributed by atoms with van der Waals surface area (Å²) in [4.78, 5) is 20.8. The fraction of sp³-hybridized carbons (Fsp3) is 0.389. The molecule has 128 valence electrons. The highest BCUT2D eigenvalue weighted by atomic mass is 16.5. The number of aryl methyl sites for hydroxylation is 1. The van der Waals surface area contributed by atoms with E-state index in [1.54, 1.807) is 13.2 Å². The van der Waals surface area contributed by atoms with Gasteiger partial charge < -0.3 is 15.4 Å². The van der Waals surface area contributed by atoms with Crippen LogP contribution in [0, 0.1) is 12.8 Å². The number of carbonyl (C=O) groups excluding carboxylic acids is 1. The number of hydrogen-bond acceptors (Lipinski definition) is 5. The molecule has 0 aliphatic rings. The lowest BCUT2D eigenvalue weighted by molar-refractivity contribution is 0.0944. The van der Waals surface area contributed by atoms with Gasteiger partial charge >= 0.3 is 0 Å². The molecule has 1 amide bonds. The summed E-state index contributed by atoms with van der Waals surface area (Å²) in [5.41, 5.74) is 2.20. The molecule has 0 fully saturated rings. The van der Waals surface area contributed by atoms with Crippen LogP contribution < -0.4 is 15.4 Å². The molecule has 2 N–H and O–H groups in total. The summed E-state index contributed by atoms with van der Waals surface area (Å²) in [6, 6.07) is 9.43. The lowest BCUT2D eigenvalue weighted by Crippen LogP contribution is -2.28. The van der Waals surface area contributed by atoms with Gasteiger partial charge in [-0.15, -0.1) is 0 Å². The molecule has 1 heterocycles. The summed E-state index contributed by atoms with van der Waals surface area (Å²) in [5.74, 6) is 1.47. The summed E-state index contributed by atoms with van der Waals surface area (Å²) in [6.07, 6.45) is 0. The van der Waals surface area contributed by atoms with Crippen molar-refractivity contribution in [3.63, 3.8) is 0 Å². The van der Waals surface area contributed by atoms with Gasteiger partial charge in [-0.05, 0) is 36.6 Å². The maximum Gasteiger partial charge on any atom is 0.270 e. The molecule has 1 aromatic heterocycles. The maximum absolute atomic E-state index is 12.2. The van der Waals surface area contributed by atoms with E-state index < -0.39 is 0 Å². The van der Waals surface area contributed by atoms with Crippen molar-refractivity contribution >= 4 is 11.9 Å². The summed E-state index contributed by atoms with van der Waals surface area (Å²) in [5, 5.41) is 6.02. The standard InChI is InChI=1S/C18H24N4O2/c1-12(2)10-19-17(23)16-9-13(3)21-18(22-16)20-11-14-5-7-15(24-4)8-6-14/h5-9,12H,10-11H2,1-4H3,(H,19,23)(H,20,21,22). The van der Waals surface area contributed by atoms with E-state index in [1.807, 2.05) is 45.0 Å². The lowest BCUT2D eigenvalue weighted by atomic mass is 10.2. The zero-order valence-corrected chi connectivity index (χ0v) is 14.6. The van der Waals surface area contributed by atoms with Gasteiger partial charge in [-0.2, -0.15) is 0 Å². The predicted octanol–water partition coefficient (Wildman–Crippen LogP) is 2.79. The summed E-state index contributed by atoms with van der Waals surface area (Å²) in [7, 11) is 1.64. The Morgan fingerprint density at radius 1 is 1.21 bits per heavy atom. The number of carbonyl (C=O) groups is 1. The number of amides is 1. The molecular weight excluding hydrogens is 304 g/mol. The third kappa shape index (κ3) is 5.22. The van der Waals surface area contributed by atoms with E-state index in [0.717, 1.165) is 17.0 Å². The van der Waals surface area contributed by atoms with Crippen LogP contribution in [0.15, 0.2) is 30.3 Å². The van der Waals surface area contributed by atoms with Gasteiger partial charge in [-0.1, -0.05) is 26.0 Å². The number of anilines is 1. The number of aromatic nitrogens is 2. The molecule has 0 atom stereocenters. The van der Waals surface area contributed by atoms with Crippen LogP contribution in [0.5, 0.6) is 5.75 Å². The molecule has 0 saturated carbocycles. The van der Waals surface area contributed by atoms with Crippen LogP contribution in [-0.4, -0.2) is 29.5 Å². The number of ether oxygens (including phenoxy) is 1. The van der Waals surface area contributed by atoms with Crippen LogP contribution in [-0.2, 0) is 6.54 Å². The van der Waals surface area contributed by atoms with Gasteiger partial charge in [0.15, 0.2) is 0 Å². The Balaban J connectivity index is 2.03. The molecule has 0 unspecified atom stereocenters. The first-order valence-corrected chi connectivity index (χ1v) is 7.98. The number of nitrogens with one attached hydrogen (secondary N) is 2. The topological polar surface area (TPSA) is 76.1 Å². The molecule has 2 aromatic rings. The Bertz CT molecular complexity index is 684. The summed E-state index contributed by atoms with van der Waals surface area (Å²) < 4.78 is 5.14. The van der Waals surface area contributed by atoms with Crippen LogP contribution in [0.25, 0.3) is 0 Å². The minimum absolute atomic E-state index is 0.179. The number of nitrogens with zero attached hydrogens (tertiary/aromatic N) is 2. The molecule has 0 spiro atoms. The average Bonchev–Trinajstić information content (AvgIpc) is 2.57. The van der Waals surface area contributed by atoms with Crippen LogP contribution in [0.1, 0.15) is 35.6 Å². The number of rotatable bonds is 7. The Labute approximate surface area is 142 Å². The zero-order chi connectivity index (χ0) is 17.5.